The van der Waals surface area contributed by atoms with Gasteiger partial charge in [-0.15, -0.1) is 0 Å². The topological polar surface area (TPSA) is 72.6 Å². The molecule has 5 nitrogen and oxygen atoms in total. The lowest BCUT2D eigenvalue weighted by molar-refractivity contribution is -0.121. The average Bonchev–Trinajstić information content (AvgIpc) is 2.67. The summed E-state index contributed by atoms with van der Waals surface area (Å²) in [7, 11) is 0. The second kappa shape index (κ2) is 5.14. The molecule has 1 aliphatic rings. The molecule has 2 N–H and O–H groups in total. The predicted molar refractivity (Wildman–Crippen MR) is 70.4 cm³/mol. The Kier molecular flexibility index (Phi) is 3.57. The number of hydrogen-bond acceptors (Lipinski definition) is 4. The van der Waals surface area contributed by atoms with Crippen LogP contribution in [0.4, 0.5) is 5.69 Å². The summed E-state index contributed by atoms with van der Waals surface area (Å²) >= 11 is 4.69. The second-order valence-electron chi connectivity index (χ2n) is 3.87. The average molecular weight is 264 g/mol. The molecule has 0 bridgehead atoms. The lowest BCUT2D eigenvalue weighted by Crippen LogP contribution is -2.28. The van der Waals surface area contributed by atoms with Crippen molar-refractivity contribution in [3.8, 4) is 5.75 Å². The summed E-state index contributed by atoms with van der Waals surface area (Å²) in [5.41, 5.74) is 5.88. The van der Waals surface area contributed by atoms with E-state index in [4.69, 9.17) is 22.7 Å². The highest BCUT2D eigenvalue weighted by Crippen LogP contribution is 2.24. The smallest absolute Gasteiger partial charge is 0.234 e. The zero-order valence-corrected chi connectivity index (χ0v) is 10.4. The van der Waals surface area contributed by atoms with E-state index in [2.05, 4.69) is 0 Å². The first-order valence-electron chi connectivity index (χ1n) is 5.45. The molecule has 1 fully saturated rings. The molecule has 1 aromatic carbocycles. The first kappa shape index (κ1) is 12.5. The van der Waals surface area contributed by atoms with Gasteiger partial charge in [0.05, 0.1) is 5.69 Å². The first-order valence-corrected chi connectivity index (χ1v) is 5.85. The van der Waals surface area contributed by atoms with Crippen LogP contribution in [-0.2, 0) is 9.59 Å². The molecule has 0 radical (unpaired) electrons. The quantitative estimate of drug-likeness (QED) is 0.649. The lowest BCUT2D eigenvalue weighted by Gasteiger charge is -2.14. The third kappa shape index (κ3) is 2.65. The second-order valence-corrected chi connectivity index (χ2v) is 4.40. The number of amides is 2. The summed E-state index contributed by atoms with van der Waals surface area (Å²) < 4.78 is 5.28. The van der Waals surface area contributed by atoms with E-state index >= 15 is 0 Å². The number of hydrogen-bond donors (Lipinski definition) is 1. The number of nitrogens with zero attached hydrogens (tertiary/aromatic N) is 1. The number of thiocarbonyl (C=S) groups is 1. The molecule has 0 unspecified atom stereocenters. The SMILES string of the molecule is NC(=S)COc1ccc(N2C(=O)CCC2=O)cc1. The fraction of sp³-hybridized carbons (Fsp3) is 0.250. The maximum atomic E-state index is 11.5. The summed E-state index contributed by atoms with van der Waals surface area (Å²) in [4.78, 5) is 24.5. The molecular weight excluding hydrogens is 252 g/mol. The molecule has 1 aromatic rings. The van der Waals surface area contributed by atoms with E-state index in [1.54, 1.807) is 24.3 Å². The van der Waals surface area contributed by atoms with Crippen LogP contribution in [0.1, 0.15) is 12.8 Å². The number of benzene rings is 1. The van der Waals surface area contributed by atoms with Crippen molar-refractivity contribution >= 4 is 34.7 Å². The number of nitrogens with two attached hydrogens (primary N) is 1. The van der Waals surface area contributed by atoms with Crippen LogP contribution in [0.25, 0.3) is 0 Å². The maximum absolute atomic E-state index is 11.5. The Balaban J connectivity index is 2.10. The summed E-state index contributed by atoms with van der Waals surface area (Å²) in [6, 6.07) is 6.67. The predicted octanol–water partition coefficient (Wildman–Crippen LogP) is 1.00. The normalized spacial score (nSPS) is 15.0. The Morgan fingerprint density at radius 1 is 1.22 bits per heavy atom. The van der Waals surface area contributed by atoms with Crippen molar-refractivity contribution in [2.45, 2.75) is 12.8 Å². The third-order valence-electron chi connectivity index (χ3n) is 2.53. The Bertz CT molecular complexity index is 483. The molecule has 2 rings (SSSR count). The lowest BCUT2D eigenvalue weighted by atomic mass is 10.3. The van der Waals surface area contributed by atoms with Crippen LogP contribution >= 0.6 is 12.2 Å². The van der Waals surface area contributed by atoms with Crippen LogP contribution in [0.2, 0.25) is 0 Å². The molecule has 1 saturated heterocycles. The van der Waals surface area contributed by atoms with Gasteiger partial charge in [0.1, 0.15) is 17.3 Å². The monoisotopic (exact) mass is 264 g/mol. The minimum atomic E-state index is -0.170. The van der Waals surface area contributed by atoms with Gasteiger partial charge in [0, 0.05) is 12.8 Å². The van der Waals surface area contributed by atoms with Crippen molar-refractivity contribution in [1.29, 1.82) is 0 Å². The molecule has 1 aliphatic heterocycles. The van der Waals surface area contributed by atoms with Crippen molar-refractivity contribution in [2.75, 3.05) is 11.5 Å². The van der Waals surface area contributed by atoms with Gasteiger partial charge in [-0.2, -0.15) is 0 Å². The summed E-state index contributed by atoms with van der Waals surface area (Å²) in [5, 5.41) is 0. The van der Waals surface area contributed by atoms with E-state index in [0.29, 0.717) is 11.4 Å². The molecule has 0 aromatic heterocycles. The van der Waals surface area contributed by atoms with Gasteiger partial charge < -0.3 is 10.5 Å². The molecule has 0 aliphatic carbocycles. The third-order valence-corrected chi connectivity index (χ3v) is 2.65. The minimum Gasteiger partial charge on any atom is -0.487 e. The number of carbonyl (C=O) groups is 2. The van der Waals surface area contributed by atoms with Gasteiger partial charge in [-0.25, -0.2) is 0 Å². The molecule has 1 heterocycles. The van der Waals surface area contributed by atoms with Crippen LogP contribution < -0.4 is 15.4 Å². The van der Waals surface area contributed by atoms with Crippen molar-refractivity contribution in [3.05, 3.63) is 24.3 Å². The van der Waals surface area contributed by atoms with Gasteiger partial charge in [0.25, 0.3) is 0 Å². The van der Waals surface area contributed by atoms with Gasteiger partial charge >= 0.3 is 0 Å². The van der Waals surface area contributed by atoms with Gasteiger partial charge in [-0.05, 0) is 24.3 Å². The van der Waals surface area contributed by atoms with Crippen LogP contribution in [0.3, 0.4) is 0 Å². The zero-order chi connectivity index (χ0) is 13.1. The summed E-state index contributed by atoms with van der Waals surface area (Å²) in [6.45, 7) is 0.163. The van der Waals surface area contributed by atoms with E-state index in [0.717, 1.165) is 0 Å². The number of imide groups is 1. The minimum absolute atomic E-state index is 0.163. The van der Waals surface area contributed by atoms with Crippen molar-refractivity contribution < 1.29 is 14.3 Å². The molecule has 0 saturated carbocycles. The molecule has 6 heteroatoms. The Labute approximate surface area is 110 Å². The standard InChI is InChI=1S/C12H12N2O3S/c13-10(18)7-17-9-3-1-8(2-4-9)14-11(15)5-6-12(14)16/h1-4H,5-7H2,(H2,13,18). The van der Waals surface area contributed by atoms with E-state index in [1.165, 1.54) is 4.90 Å². The molecule has 0 atom stereocenters. The molecular formula is C12H12N2O3S. The molecule has 2 amide bonds. The molecule has 18 heavy (non-hydrogen) atoms. The molecule has 94 valence electrons. The summed E-state index contributed by atoms with van der Waals surface area (Å²) in [6.07, 6.45) is 0.553. The molecule has 0 spiro atoms. The highest BCUT2D eigenvalue weighted by Gasteiger charge is 2.29. The van der Waals surface area contributed by atoms with Crippen LogP contribution in [0, 0.1) is 0 Å². The first-order chi connectivity index (χ1) is 8.58. The number of ether oxygens (including phenoxy) is 1. The van der Waals surface area contributed by atoms with Crippen molar-refractivity contribution in [3.63, 3.8) is 0 Å². The number of anilines is 1. The summed E-state index contributed by atoms with van der Waals surface area (Å²) in [5.74, 6) is 0.249. The van der Waals surface area contributed by atoms with Crippen LogP contribution in [0.15, 0.2) is 24.3 Å². The van der Waals surface area contributed by atoms with Gasteiger partial charge in [0.15, 0.2) is 0 Å². The highest BCUT2D eigenvalue weighted by molar-refractivity contribution is 7.80. The van der Waals surface area contributed by atoms with Crippen LogP contribution in [0.5, 0.6) is 5.75 Å². The maximum Gasteiger partial charge on any atom is 0.234 e. The Hall–Kier alpha value is -1.95. The van der Waals surface area contributed by atoms with Crippen molar-refractivity contribution in [1.82, 2.24) is 0 Å². The van der Waals surface area contributed by atoms with Gasteiger partial charge in [-0.1, -0.05) is 12.2 Å². The fourth-order valence-electron chi connectivity index (χ4n) is 1.71. The largest absolute Gasteiger partial charge is 0.487 e. The number of rotatable bonds is 4. The van der Waals surface area contributed by atoms with Crippen LogP contribution in [-0.4, -0.2) is 23.4 Å². The van der Waals surface area contributed by atoms with E-state index < -0.39 is 0 Å². The van der Waals surface area contributed by atoms with E-state index in [9.17, 15) is 9.59 Å². The highest BCUT2D eigenvalue weighted by atomic mass is 32.1. The Morgan fingerprint density at radius 2 is 1.78 bits per heavy atom. The van der Waals surface area contributed by atoms with E-state index in [-0.39, 0.29) is 36.3 Å². The van der Waals surface area contributed by atoms with Gasteiger partial charge in [-0.3, -0.25) is 14.5 Å². The number of carbonyl (C=O) groups excluding carboxylic acids is 2. The zero-order valence-electron chi connectivity index (χ0n) is 9.59. The van der Waals surface area contributed by atoms with Gasteiger partial charge in [0.2, 0.25) is 11.8 Å². The Morgan fingerprint density at radius 3 is 2.28 bits per heavy atom. The van der Waals surface area contributed by atoms with Crippen molar-refractivity contribution in [2.24, 2.45) is 5.73 Å². The fourth-order valence-corrected chi connectivity index (χ4v) is 1.77. The van der Waals surface area contributed by atoms with E-state index in [1.807, 2.05) is 0 Å².